The summed E-state index contributed by atoms with van der Waals surface area (Å²) in [6.07, 6.45) is -2.68. The highest BCUT2D eigenvalue weighted by atomic mass is 19.3. The van der Waals surface area contributed by atoms with Crippen molar-refractivity contribution in [3.05, 3.63) is 24.3 Å². The van der Waals surface area contributed by atoms with Gasteiger partial charge >= 0.3 is 0 Å². The van der Waals surface area contributed by atoms with Crippen LogP contribution in [0.15, 0.2) is 24.3 Å². The molecular formula is C13H18F2N2O3. The van der Waals surface area contributed by atoms with E-state index in [4.69, 9.17) is 15.6 Å². The molecule has 0 heterocycles. The summed E-state index contributed by atoms with van der Waals surface area (Å²) in [5, 5.41) is 8.75. The average molecular weight is 288 g/mol. The molecule has 0 saturated heterocycles. The number of ether oxygens (including phenoxy) is 1. The average Bonchev–Trinajstić information content (AvgIpc) is 2.40. The van der Waals surface area contributed by atoms with Crippen LogP contribution < -0.4 is 10.5 Å². The highest BCUT2D eigenvalue weighted by Gasteiger charge is 2.17. The predicted octanol–water partition coefficient (Wildman–Crippen LogP) is 1.12. The fourth-order valence-corrected chi connectivity index (χ4v) is 1.62. The predicted molar refractivity (Wildman–Crippen MR) is 70.6 cm³/mol. The molecule has 112 valence electrons. The number of amides is 1. The molecule has 0 aliphatic rings. The standard InChI is InChI=1S/C13H18F2N2O3/c14-12(15)9-17(6-7-18)13(19)5-8-20-11-4-2-1-3-10(11)16/h1-4,12,18H,5-9,16H2. The molecule has 0 aliphatic carbocycles. The van der Waals surface area contributed by atoms with Gasteiger partial charge in [-0.3, -0.25) is 4.79 Å². The number of anilines is 1. The topological polar surface area (TPSA) is 75.8 Å². The molecule has 1 aromatic carbocycles. The molecule has 0 aliphatic heterocycles. The third-order valence-electron chi connectivity index (χ3n) is 2.57. The Kier molecular flexibility index (Phi) is 6.72. The maximum Gasteiger partial charge on any atom is 0.255 e. The molecule has 0 spiro atoms. The van der Waals surface area contributed by atoms with Crippen molar-refractivity contribution < 1.29 is 23.4 Å². The maximum atomic E-state index is 12.3. The van der Waals surface area contributed by atoms with Gasteiger partial charge in [-0.15, -0.1) is 0 Å². The van der Waals surface area contributed by atoms with Gasteiger partial charge in [0.15, 0.2) is 0 Å². The summed E-state index contributed by atoms with van der Waals surface area (Å²) < 4.78 is 29.9. The minimum Gasteiger partial charge on any atom is -0.491 e. The lowest BCUT2D eigenvalue weighted by Crippen LogP contribution is -2.37. The Balaban J connectivity index is 2.43. The van der Waals surface area contributed by atoms with Crippen molar-refractivity contribution in [3.63, 3.8) is 0 Å². The number of benzene rings is 1. The number of hydrogen-bond donors (Lipinski definition) is 2. The number of aliphatic hydroxyl groups excluding tert-OH is 1. The van der Waals surface area contributed by atoms with E-state index < -0.39 is 18.9 Å². The van der Waals surface area contributed by atoms with Crippen LogP contribution in [0.2, 0.25) is 0 Å². The summed E-state index contributed by atoms with van der Waals surface area (Å²) in [6, 6.07) is 6.80. The van der Waals surface area contributed by atoms with Crippen molar-refractivity contribution in [2.75, 3.05) is 32.0 Å². The summed E-state index contributed by atoms with van der Waals surface area (Å²) in [6.45, 7) is -1.12. The zero-order chi connectivity index (χ0) is 15.0. The maximum absolute atomic E-state index is 12.3. The van der Waals surface area contributed by atoms with Crippen LogP contribution in [0, 0.1) is 0 Å². The second-order valence-electron chi connectivity index (χ2n) is 4.09. The first-order valence-corrected chi connectivity index (χ1v) is 6.18. The number of alkyl halides is 2. The molecule has 7 heteroatoms. The Morgan fingerprint density at radius 1 is 1.40 bits per heavy atom. The molecule has 1 amide bonds. The quantitative estimate of drug-likeness (QED) is 0.703. The number of para-hydroxylation sites is 2. The smallest absolute Gasteiger partial charge is 0.255 e. The number of rotatable bonds is 8. The van der Waals surface area contributed by atoms with Crippen molar-refractivity contribution in [1.29, 1.82) is 0 Å². The van der Waals surface area contributed by atoms with E-state index in [0.29, 0.717) is 11.4 Å². The van der Waals surface area contributed by atoms with Gasteiger partial charge in [-0.2, -0.15) is 0 Å². The lowest BCUT2D eigenvalue weighted by Gasteiger charge is -2.21. The lowest BCUT2D eigenvalue weighted by molar-refractivity contribution is -0.134. The monoisotopic (exact) mass is 288 g/mol. The number of nitrogen functional groups attached to an aromatic ring is 1. The Labute approximate surface area is 115 Å². The molecular weight excluding hydrogens is 270 g/mol. The van der Waals surface area contributed by atoms with Gasteiger partial charge in [0, 0.05) is 6.54 Å². The van der Waals surface area contributed by atoms with E-state index in [1.165, 1.54) is 0 Å². The van der Waals surface area contributed by atoms with Crippen molar-refractivity contribution in [1.82, 2.24) is 4.90 Å². The number of hydrogen-bond acceptors (Lipinski definition) is 4. The van der Waals surface area contributed by atoms with E-state index in [0.717, 1.165) is 4.90 Å². The molecule has 0 atom stereocenters. The first kappa shape index (κ1) is 16.2. The van der Waals surface area contributed by atoms with Gasteiger partial charge in [0.25, 0.3) is 6.43 Å². The van der Waals surface area contributed by atoms with Crippen LogP contribution in [-0.4, -0.2) is 48.6 Å². The molecule has 0 aromatic heterocycles. The summed E-state index contributed by atoms with van der Waals surface area (Å²) in [7, 11) is 0. The van der Waals surface area contributed by atoms with E-state index in [2.05, 4.69) is 0 Å². The third-order valence-corrected chi connectivity index (χ3v) is 2.57. The number of carbonyl (C=O) groups excluding carboxylic acids is 1. The van der Waals surface area contributed by atoms with Crippen LogP contribution >= 0.6 is 0 Å². The Morgan fingerprint density at radius 3 is 2.70 bits per heavy atom. The molecule has 3 N–H and O–H groups in total. The van der Waals surface area contributed by atoms with E-state index in [1.54, 1.807) is 24.3 Å². The van der Waals surface area contributed by atoms with Crippen molar-refractivity contribution >= 4 is 11.6 Å². The molecule has 0 fully saturated rings. The van der Waals surface area contributed by atoms with E-state index in [-0.39, 0.29) is 26.2 Å². The Hall–Kier alpha value is -1.89. The van der Waals surface area contributed by atoms with Gasteiger partial charge in [-0.05, 0) is 12.1 Å². The third kappa shape index (κ3) is 5.40. The summed E-state index contributed by atoms with van der Waals surface area (Å²) in [5.41, 5.74) is 6.10. The molecule has 1 aromatic rings. The first-order chi connectivity index (χ1) is 9.54. The highest BCUT2D eigenvalue weighted by molar-refractivity contribution is 5.76. The number of nitrogens with zero attached hydrogens (tertiary/aromatic N) is 1. The van der Waals surface area contributed by atoms with E-state index in [1.807, 2.05) is 0 Å². The first-order valence-electron chi connectivity index (χ1n) is 6.18. The van der Waals surface area contributed by atoms with Crippen LogP contribution in [-0.2, 0) is 4.79 Å². The van der Waals surface area contributed by atoms with Crippen molar-refractivity contribution in [2.24, 2.45) is 0 Å². The van der Waals surface area contributed by atoms with Gasteiger partial charge in [-0.1, -0.05) is 12.1 Å². The Morgan fingerprint density at radius 2 is 2.10 bits per heavy atom. The zero-order valence-electron chi connectivity index (χ0n) is 11.0. The molecule has 1 rings (SSSR count). The largest absolute Gasteiger partial charge is 0.491 e. The van der Waals surface area contributed by atoms with Crippen LogP contribution in [0.3, 0.4) is 0 Å². The SMILES string of the molecule is Nc1ccccc1OCCC(=O)N(CCO)CC(F)F. The van der Waals surface area contributed by atoms with Crippen molar-refractivity contribution in [2.45, 2.75) is 12.8 Å². The van der Waals surface area contributed by atoms with Gasteiger partial charge < -0.3 is 20.5 Å². The van der Waals surface area contributed by atoms with Gasteiger partial charge in [-0.25, -0.2) is 8.78 Å². The van der Waals surface area contributed by atoms with E-state index in [9.17, 15) is 13.6 Å². The minimum atomic E-state index is -2.63. The molecule has 0 saturated carbocycles. The Bertz CT molecular complexity index is 430. The molecule has 5 nitrogen and oxygen atoms in total. The number of nitrogens with two attached hydrogens (primary N) is 1. The van der Waals surface area contributed by atoms with Crippen LogP contribution in [0.5, 0.6) is 5.75 Å². The summed E-state index contributed by atoms with van der Waals surface area (Å²) in [5.74, 6) is -0.0447. The van der Waals surface area contributed by atoms with Gasteiger partial charge in [0.05, 0.1) is 31.9 Å². The zero-order valence-corrected chi connectivity index (χ0v) is 11.0. The fourth-order valence-electron chi connectivity index (χ4n) is 1.62. The number of halogens is 2. The van der Waals surface area contributed by atoms with E-state index >= 15 is 0 Å². The van der Waals surface area contributed by atoms with Crippen LogP contribution in [0.1, 0.15) is 6.42 Å². The lowest BCUT2D eigenvalue weighted by atomic mass is 10.3. The molecule has 20 heavy (non-hydrogen) atoms. The second kappa shape index (κ2) is 8.31. The minimum absolute atomic E-state index is 0.0399. The highest BCUT2D eigenvalue weighted by Crippen LogP contribution is 2.19. The number of carbonyl (C=O) groups is 1. The second-order valence-corrected chi connectivity index (χ2v) is 4.09. The normalized spacial score (nSPS) is 10.6. The van der Waals surface area contributed by atoms with Gasteiger partial charge in [0.1, 0.15) is 5.75 Å². The van der Waals surface area contributed by atoms with Crippen LogP contribution in [0.4, 0.5) is 14.5 Å². The summed E-state index contributed by atoms with van der Waals surface area (Å²) >= 11 is 0. The molecule has 0 bridgehead atoms. The van der Waals surface area contributed by atoms with Crippen LogP contribution in [0.25, 0.3) is 0 Å². The number of aliphatic hydroxyl groups is 1. The fraction of sp³-hybridized carbons (Fsp3) is 0.462. The van der Waals surface area contributed by atoms with Gasteiger partial charge in [0.2, 0.25) is 5.91 Å². The molecule has 0 radical (unpaired) electrons. The summed E-state index contributed by atoms with van der Waals surface area (Å²) in [4.78, 5) is 12.6. The molecule has 0 unspecified atom stereocenters. The van der Waals surface area contributed by atoms with Crippen molar-refractivity contribution in [3.8, 4) is 5.75 Å².